The number of anilines is 1. The smallest absolute Gasteiger partial charge is 0.254 e. The summed E-state index contributed by atoms with van der Waals surface area (Å²) in [6.07, 6.45) is 4.91. The lowest BCUT2D eigenvalue weighted by Crippen LogP contribution is -2.33. The molecule has 3 N–H and O–H groups in total. The lowest BCUT2D eigenvalue weighted by atomic mass is 10.1. The van der Waals surface area contributed by atoms with Crippen molar-refractivity contribution in [1.82, 2.24) is 4.90 Å². The number of benzene rings is 1. The highest BCUT2D eigenvalue weighted by atomic mass is 16.3. The predicted molar refractivity (Wildman–Crippen MR) is 62.2 cm³/mol. The van der Waals surface area contributed by atoms with Crippen LogP contribution in [0.3, 0.4) is 0 Å². The van der Waals surface area contributed by atoms with Crippen LogP contribution < -0.4 is 5.73 Å². The van der Waals surface area contributed by atoms with Gasteiger partial charge >= 0.3 is 0 Å². The van der Waals surface area contributed by atoms with Crippen LogP contribution in [0.2, 0.25) is 0 Å². The van der Waals surface area contributed by atoms with E-state index in [-0.39, 0.29) is 17.3 Å². The van der Waals surface area contributed by atoms with Crippen molar-refractivity contribution in [3.05, 3.63) is 35.9 Å². The number of aromatic hydroxyl groups is 1. The number of hydrogen-bond donors (Lipinski definition) is 2. The molecule has 0 bridgehead atoms. The van der Waals surface area contributed by atoms with Gasteiger partial charge in [-0.25, -0.2) is 0 Å². The number of phenolic OH excluding ortho intramolecular Hbond substituents is 1. The van der Waals surface area contributed by atoms with Gasteiger partial charge in [-0.2, -0.15) is 0 Å². The number of hydrogen-bond acceptors (Lipinski definition) is 3. The van der Waals surface area contributed by atoms with E-state index in [0.29, 0.717) is 12.1 Å². The van der Waals surface area contributed by atoms with Gasteiger partial charge in [0.2, 0.25) is 0 Å². The van der Waals surface area contributed by atoms with Crippen molar-refractivity contribution in [1.29, 1.82) is 0 Å². The van der Waals surface area contributed by atoms with Crippen molar-refractivity contribution in [3.63, 3.8) is 0 Å². The van der Waals surface area contributed by atoms with Crippen LogP contribution in [-0.2, 0) is 0 Å². The van der Waals surface area contributed by atoms with E-state index in [1.807, 2.05) is 6.08 Å². The van der Waals surface area contributed by atoms with Crippen LogP contribution in [0.4, 0.5) is 5.69 Å². The Morgan fingerprint density at radius 1 is 1.38 bits per heavy atom. The van der Waals surface area contributed by atoms with Crippen LogP contribution in [0.1, 0.15) is 16.8 Å². The SMILES string of the molecule is Nc1ccc(C(=O)N2CC=CCC2)cc1O. The average Bonchev–Trinajstić information content (AvgIpc) is 2.33. The van der Waals surface area contributed by atoms with Gasteiger partial charge in [0, 0.05) is 18.7 Å². The van der Waals surface area contributed by atoms with Crippen LogP contribution in [0.5, 0.6) is 5.75 Å². The van der Waals surface area contributed by atoms with Gasteiger partial charge < -0.3 is 15.7 Å². The molecule has 0 aromatic heterocycles. The molecule has 1 aromatic rings. The first-order valence-electron chi connectivity index (χ1n) is 5.21. The van der Waals surface area contributed by atoms with Gasteiger partial charge in [0.05, 0.1) is 5.69 Å². The monoisotopic (exact) mass is 218 g/mol. The van der Waals surface area contributed by atoms with Crippen LogP contribution in [-0.4, -0.2) is 29.0 Å². The molecule has 1 amide bonds. The van der Waals surface area contributed by atoms with Crippen molar-refractivity contribution in [2.24, 2.45) is 0 Å². The van der Waals surface area contributed by atoms with E-state index in [1.165, 1.54) is 6.07 Å². The second-order valence-electron chi connectivity index (χ2n) is 3.78. The molecule has 4 nitrogen and oxygen atoms in total. The fraction of sp³-hybridized carbons (Fsp3) is 0.250. The summed E-state index contributed by atoms with van der Waals surface area (Å²) in [5.74, 6) is -0.113. The molecular formula is C12H14N2O2. The summed E-state index contributed by atoms with van der Waals surface area (Å²) in [5.41, 5.74) is 6.24. The average molecular weight is 218 g/mol. The lowest BCUT2D eigenvalue weighted by molar-refractivity contribution is 0.0770. The lowest BCUT2D eigenvalue weighted by Gasteiger charge is -2.23. The van der Waals surface area contributed by atoms with Crippen LogP contribution >= 0.6 is 0 Å². The van der Waals surface area contributed by atoms with Crippen LogP contribution in [0, 0.1) is 0 Å². The third-order valence-corrected chi connectivity index (χ3v) is 2.62. The molecule has 0 saturated heterocycles. The number of phenols is 1. The van der Waals surface area contributed by atoms with Crippen molar-refractivity contribution in [3.8, 4) is 5.75 Å². The Bertz CT molecular complexity index is 441. The second kappa shape index (κ2) is 4.26. The van der Waals surface area contributed by atoms with E-state index in [1.54, 1.807) is 17.0 Å². The van der Waals surface area contributed by atoms with Gasteiger partial charge in [-0.3, -0.25) is 4.79 Å². The number of nitrogen functional groups attached to an aromatic ring is 1. The minimum Gasteiger partial charge on any atom is -0.506 e. The number of carbonyl (C=O) groups is 1. The van der Waals surface area contributed by atoms with Gasteiger partial charge in [0.15, 0.2) is 0 Å². The number of carbonyl (C=O) groups excluding carboxylic acids is 1. The first kappa shape index (κ1) is 10.5. The maximum atomic E-state index is 12.0. The normalized spacial score (nSPS) is 15.1. The summed E-state index contributed by atoms with van der Waals surface area (Å²) >= 11 is 0. The fourth-order valence-electron chi connectivity index (χ4n) is 1.69. The van der Waals surface area contributed by atoms with Crippen molar-refractivity contribution >= 4 is 11.6 Å². The van der Waals surface area contributed by atoms with Crippen molar-refractivity contribution in [2.75, 3.05) is 18.8 Å². The fourth-order valence-corrected chi connectivity index (χ4v) is 1.69. The quantitative estimate of drug-likeness (QED) is 0.425. The van der Waals surface area contributed by atoms with E-state index in [9.17, 15) is 9.90 Å². The number of rotatable bonds is 1. The molecule has 0 radical (unpaired) electrons. The highest BCUT2D eigenvalue weighted by Crippen LogP contribution is 2.21. The summed E-state index contributed by atoms with van der Waals surface area (Å²) in [7, 11) is 0. The zero-order valence-electron chi connectivity index (χ0n) is 8.89. The Morgan fingerprint density at radius 3 is 2.81 bits per heavy atom. The van der Waals surface area contributed by atoms with Gasteiger partial charge in [-0.15, -0.1) is 0 Å². The van der Waals surface area contributed by atoms with Gasteiger partial charge in [0.25, 0.3) is 5.91 Å². The molecule has 1 heterocycles. The van der Waals surface area contributed by atoms with E-state index < -0.39 is 0 Å². The maximum absolute atomic E-state index is 12.0. The molecule has 0 saturated carbocycles. The summed E-state index contributed by atoms with van der Waals surface area (Å²) in [6, 6.07) is 4.59. The minimum absolute atomic E-state index is 0.0431. The summed E-state index contributed by atoms with van der Waals surface area (Å²) in [4.78, 5) is 13.7. The Kier molecular flexibility index (Phi) is 2.81. The molecule has 0 spiro atoms. The summed E-state index contributed by atoms with van der Waals surface area (Å²) in [5, 5.41) is 9.44. The molecule has 2 rings (SSSR count). The molecule has 1 aliphatic heterocycles. The van der Waals surface area contributed by atoms with Crippen LogP contribution in [0.15, 0.2) is 30.4 Å². The molecular weight excluding hydrogens is 204 g/mol. The molecule has 84 valence electrons. The molecule has 0 atom stereocenters. The maximum Gasteiger partial charge on any atom is 0.254 e. The first-order valence-corrected chi connectivity index (χ1v) is 5.21. The number of nitrogens with zero attached hydrogens (tertiary/aromatic N) is 1. The molecule has 4 heteroatoms. The Hall–Kier alpha value is -1.97. The summed E-state index contributed by atoms with van der Waals surface area (Å²) < 4.78 is 0. The van der Waals surface area contributed by atoms with Crippen molar-refractivity contribution in [2.45, 2.75) is 6.42 Å². The van der Waals surface area contributed by atoms with Gasteiger partial charge in [-0.05, 0) is 24.6 Å². The Labute approximate surface area is 94.0 Å². The van der Waals surface area contributed by atoms with Crippen LogP contribution in [0.25, 0.3) is 0 Å². The number of amides is 1. The van der Waals surface area contributed by atoms with Gasteiger partial charge in [0.1, 0.15) is 5.75 Å². The zero-order chi connectivity index (χ0) is 11.5. The third-order valence-electron chi connectivity index (χ3n) is 2.62. The number of nitrogens with two attached hydrogens (primary N) is 1. The Morgan fingerprint density at radius 2 is 2.19 bits per heavy atom. The van der Waals surface area contributed by atoms with Crippen molar-refractivity contribution < 1.29 is 9.90 Å². The second-order valence-corrected chi connectivity index (χ2v) is 3.78. The molecule has 1 aromatic carbocycles. The molecule has 16 heavy (non-hydrogen) atoms. The van der Waals surface area contributed by atoms with E-state index in [4.69, 9.17) is 5.73 Å². The van der Waals surface area contributed by atoms with E-state index in [0.717, 1.165) is 13.0 Å². The molecule has 1 aliphatic rings. The topological polar surface area (TPSA) is 66.6 Å². The molecule has 0 unspecified atom stereocenters. The molecule has 0 aliphatic carbocycles. The Balaban J connectivity index is 2.20. The highest BCUT2D eigenvalue weighted by molar-refractivity contribution is 5.95. The summed E-state index contributed by atoms with van der Waals surface area (Å²) in [6.45, 7) is 1.35. The molecule has 0 fully saturated rings. The minimum atomic E-state index is -0.0698. The van der Waals surface area contributed by atoms with Gasteiger partial charge in [-0.1, -0.05) is 12.2 Å². The third kappa shape index (κ3) is 2.00. The highest BCUT2D eigenvalue weighted by Gasteiger charge is 2.16. The zero-order valence-corrected chi connectivity index (χ0v) is 8.89. The largest absolute Gasteiger partial charge is 0.506 e. The predicted octanol–water partition coefficient (Wildman–Crippen LogP) is 1.38. The first-order chi connectivity index (χ1) is 7.68. The van der Waals surface area contributed by atoms with E-state index in [2.05, 4.69) is 6.08 Å². The standard InChI is InChI=1S/C12H14N2O2/c13-10-5-4-9(8-11(10)15)12(16)14-6-2-1-3-7-14/h1-2,4-5,8,15H,3,6-7,13H2. The van der Waals surface area contributed by atoms with E-state index >= 15 is 0 Å².